The minimum atomic E-state index is -0.0321. The van der Waals surface area contributed by atoms with E-state index in [-0.39, 0.29) is 11.5 Å². The SMILES string of the molecule is CNC(C)c1nc2cc(=O)ccc-2cn1-c1ccc(N)c(C)c1C. The van der Waals surface area contributed by atoms with Gasteiger partial charge in [0.2, 0.25) is 0 Å². The fraction of sp³-hybridized carbons (Fsp3) is 0.263. The first-order valence-corrected chi connectivity index (χ1v) is 7.99. The summed E-state index contributed by atoms with van der Waals surface area (Å²) in [5.74, 6) is 0.850. The Bertz CT molecular complexity index is 929. The number of hydrogen-bond donors (Lipinski definition) is 2. The molecule has 3 rings (SSSR count). The van der Waals surface area contributed by atoms with Crippen LogP contribution in [0, 0.1) is 13.8 Å². The zero-order valence-corrected chi connectivity index (χ0v) is 14.4. The van der Waals surface area contributed by atoms with Crippen molar-refractivity contribution in [2.24, 2.45) is 0 Å². The molecule has 0 spiro atoms. The molecule has 1 heterocycles. The number of hydrogen-bond acceptors (Lipinski definition) is 4. The van der Waals surface area contributed by atoms with Gasteiger partial charge in [-0.25, -0.2) is 4.98 Å². The maximum Gasteiger partial charge on any atom is 0.180 e. The highest BCUT2D eigenvalue weighted by Crippen LogP contribution is 2.28. The van der Waals surface area contributed by atoms with Gasteiger partial charge in [0.15, 0.2) is 5.43 Å². The Morgan fingerprint density at radius 1 is 1.17 bits per heavy atom. The summed E-state index contributed by atoms with van der Waals surface area (Å²) in [6.45, 7) is 6.13. The fourth-order valence-corrected chi connectivity index (χ4v) is 2.83. The Kier molecular flexibility index (Phi) is 4.11. The van der Waals surface area contributed by atoms with Crippen molar-refractivity contribution in [1.82, 2.24) is 14.9 Å². The van der Waals surface area contributed by atoms with Gasteiger partial charge in [-0.2, -0.15) is 0 Å². The molecule has 5 nitrogen and oxygen atoms in total. The molecule has 5 heteroatoms. The van der Waals surface area contributed by atoms with E-state index in [0.29, 0.717) is 5.69 Å². The number of benzene rings is 2. The highest BCUT2D eigenvalue weighted by atomic mass is 16.1. The van der Waals surface area contributed by atoms with Crippen molar-refractivity contribution in [3.63, 3.8) is 0 Å². The molecule has 1 unspecified atom stereocenters. The summed E-state index contributed by atoms with van der Waals surface area (Å²) >= 11 is 0. The molecule has 2 aliphatic rings. The molecule has 0 aromatic heterocycles. The molecule has 0 saturated carbocycles. The van der Waals surface area contributed by atoms with Gasteiger partial charge < -0.3 is 15.6 Å². The third-order valence-electron chi connectivity index (χ3n) is 4.63. The number of nitrogen functional groups attached to an aromatic ring is 1. The Labute approximate surface area is 141 Å². The molecule has 1 aliphatic heterocycles. The minimum absolute atomic E-state index is 0.0296. The number of fused-ring (bicyclic) bond motifs is 1. The lowest BCUT2D eigenvalue weighted by atomic mass is 10.0. The van der Waals surface area contributed by atoms with Gasteiger partial charge in [0, 0.05) is 23.5 Å². The van der Waals surface area contributed by atoms with Crippen molar-refractivity contribution in [3.8, 4) is 16.9 Å². The molecule has 1 atom stereocenters. The van der Waals surface area contributed by atoms with Crippen molar-refractivity contribution in [2.45, 2.75) is 26.8 Å². The van der Waals surface area contributed by atoms with Crippen LogP contribution in [0.3, 0.4) is 0 Å². The second-order valence-corrected chi connectivity index (χ2v) is 6.12. The molecule has 0 saturated heterocycles. The highest BCUT2D eigenvalue weighted by Gasteiger charge is 2.17. The number of aromatic nitrogens is 2. The van der Waals surface area contributed by atoms with E-state index < -0.39 is 0 Å². The van der Waals surface area contributed by atoms with Gasteiger partial charge in [0.1, 0.15) is 5.82 Å². The first-order valence-electron chi connectivity index (χ1n) is 7.99. The van der Waals surface area contributed by atoms with Crippen LogP contribution < -0.4 is 16.5 Å². The summed E-state index contributed by atoms with van der Waals surface area (Å²) in [7, 11) is 1.89. The molecule has 1 aromatic rings. The monoisotopic (exact) mass is 322 g/mol. The lowest BCUT2D eigenvalue weighted by Crippen LogP contribution is -2.21. The second kappa shape index (κ2) is 6.09. The average molecular weight is 322 g/mol. The molecule has 0 amide bonds. The molecular formula is C19H22N4O. The molecular weight excluding hydrogens is 300 g/mol. The van der Waals surface area contributed by atoms with Crippen LogP contribution in [0.15, 0.2) is 41.3 Å². The zero-order chi connectivity index (χ0) is 17.4. The van der Waals surface area contributed by atoms with Crippen molar-refractivity contribution >= 4 is 5.69 Å². The van der Waals surface area contributed by atoms with Crippen molar-refractivity contribution in [2.75, 3.05) is 12.8 Å². The largest absolute Gasteiger partial charge is 0.399 e. The van der Waals surface area contributed by atoms with Crippen molar-refractivity contribution in [3.05, 3.63) is 63.7 Å². The highest BCUT2D eigenvalue weighted by molar-refractivity contribution is 5.63. The van der Waals surface area contributed by atoms with E-state index in [0.717, 1.165) is 33.9 Å². The van der Waals surface area contributed by atoms with Crippen molar-refractivity contribution < 1.29 is 0 Å². The molecule has 24 heavy (non-hydrogen) atoms. The van der Waals surface area contributed by atoms with Crippen LogP contribution in [0.25, 0.3) is 16.9 Å². The summed E-state index contributed by atoms with van der Waals surface area (Å²) in [5, 5.41) is 3.23. The van der Waals surface area contributed by atoms with Crippen LogP contribution in [0.2, 0.25) is 0 Å². The molecule has 1 aliphatic carbocycles. The first kappa shape index (κ1) is 16.2. The third-order valence-corrected chi connectivity index (χ3v) is 4.63. The maximum absolute atomic E-state index is 11.6. The molecule has 124 valence electrons. The predicted molar refractivity (Wildman–Crippen MR) is 97.8 cm³/mol. The molecule has 0 fully saturated rings. The van der Waals surface area contributed by atoms with E-state index in [1.165, 1.54) is 0 Å². The Balaban J connectivity index is 2.34. The quantitative estimate of drug-likeness (QED) is 0.727. The van der Waals surface area contributed by atoms with Gasteiger partial charge in [0.05, 0.1) is 17.4 Å². The van der Waals surface area contributed by atoms with Gasteiger partial charge in [-0.05, 0) is 63.2 Å². The smallest absolute Gasteiger partial charge is 0.180 e. The maximum atomic E-state index is 11.6. The lowest BCUT2D eigenvalue weighted by Gasteiger charge is -2.23. The number of nitrogens with one attached hydrogen (secondary N) is 1. The number of nitrogens with zero attached hydrogens (tertiary/aromatic N) is 2. The van der Waals surface area contributed by atoms with E-state index in [9.17, 15) is 4.79 Å². The minimum Gasteiger partial charge on any atom is -0.399 e. The number of rotatable bonds is 3. The summed E-state index contributed by atoms with van der Waals surface area (Å²) in [5.41, 5.74) is 11.6. The summed E-state index contributed by atoms with van der Waals surface area (Å²) in [6.07, 6.45) is 2.03. The number of anilines is 1. The van der Waals surface area contributed by atoms with Crippen LogP contribution in [0.5, 0.6) is 0 Å². The van der Waals surface area contributed by atoms with E-state index >= 15 is 0 Å². The summed E-state index contributed by atoms with van der Waals surface area (Å²) < 4.78 is 2.08. The molecule has 0 radical (unpaired) electrons. The zero-order valence-electron chi connectivity index (χ0n) is 14.4. The van der Waals surface area contributed by atoms with Gasteiger partial charge in [-0.15, -0.1) is 0 Å². The predicted octanol–water partition coefficient (Wildman–Crippen LogP) is 2.82. The fourth-order valence-electron chi connectivity index (χ4n) is 2.83. The van der Waals surface area contributed by atoms with Crippen LogP contribution in [-0.4, -0.2) is 16.6 Å². The van der Waals surface area contributed by atoms with Crippen LogP contribution >= 0.6 is 0 Å². The van der Waals surface area contributed by atoms with E-state index in [2.05, 4.69) is 16.8 Å². The lowest BCUT2D eigenvalue weighted by molar-refractivity contribution is 0.590. The van der Waals surface area contributed by atoms with E-state index in [1.807, 2.05) is 45.3 Å². The van der Waals surface area contributed by atoms with Crippen LogP contribution in [0.1, 0.15) is 29.9 Å². The second-order valence-electron chi connectivity index (χ2n) is 6.12. The Hall–Kier alpha value is -2.66. The topological polar surface area (TPSA) is 72.9 Å². The molecule has 0 bridgehead atoms. The van der Waals surface area contributed by atoms with Crippen molar-refractivity contribution in [1.29, 1.82) is 0 Å². The van der Waals surface area contributed by atoms with Gasteiger partial charge in [-0.3, -0.25) is 4.79 Å². The average Bonchev–Trinajstić information content (AvgIpc) is 2.58. The molecule has 3 N–H and O–H groups in total. The number of nitrogens with two attached hydrogens (primary N) is 1. The van der Waals surface area contributed by atoms with E-state index in [4.69, 9.17) is 10.7 Å². The van der Waals surface area contributed by atoms with Gasteiger partial charge >= 0.3 is 0 Å². The Morgan fingerprint density at radius 3 is 2.62 bits per heavy atom. The van der Waals surface area contributed by atoms with Gasteiger partial charge in [0.25, 0.3) is 0 Å². The standard InChI is InChI=1S/C19H22N4O/c1-11-12(2)18(8-7-16(11)20)23-10-14-5-6-15(24)9-17(14)22-19(23)13(3)21-4/h5-10,13,21H,20H2,1-4H3. The normalized spacial score (nSPS) is 12.5. The molecule has 1 aromatic carbocycles. The summed E-state index contributed by atoms with van der Waals surface area (Å²) in [6, 6.07) is 8.92. The van der Waals surface area contributed by atoms with Crippen LogP contribution in [-0.2, 0) is 0 Å². The van der Waals surface area contributed by atoms with Gasteiger partial charge in [-0.1, -0.05) is 0 Å². The third kappa shape index (κ3) is 2.67. The summed E-state index contributed by atoms with van der Waals surface area (Å²) in [4.78, 5) is 16.4. The van der Waals surface area contributed by atoms with Crippen LogP contribution in [0.4, 0.5) is 5.69 Å². The van der Waals surface area contributed by atoms with E-state index in [1.54, 1.807) is 12.1 Å². The Morgan fingerprint density at radius 2 is 1.92 bits per heavy atom. The first-order chi connectivity index (χ1) is 11.4.